The number of rotatable bonds is 2. The number of pyridine rings is 2. The molecule has 0 aliphatic carbocycles. The highest BCUT2D eigenvalue weighted by atomic mass is 16.5. The van der Waals surface area contributed by atoms with E-state index in [2.05, 4.69) is 43.8 Å². The summed E-state index contributed by atoms with van der Waals surface area (Å²) >= 11 is 0. The van der Waals surface area contributed by atoms with Gasteiger partial charge in [-0.05, 0) is 24.3 Å². The molecule has 0 bridgehead atoms. The highest BCUT2D eigenvalue weighted by molar-refractivity contribution is 5.77. The van der Waals surface area contributed by atoms with Gasteiger partial charge in [0.2, 0.25) is 0 Å². The van der Waals surface area contributed by atoms with Gasteiger partial charge in [-0.1, -0.05) is 0 Å². The first-order chi connectivity index (χ1) is 13.8. The number of fused-ring (bicyclic) bond motifs is 3. The van der Waals surface area contributed by atoms with E-state index >= 15 is 0 Å². The van der Waals surface area contributed by atoms with Crippen molar-refractivity contribution in [3.63, 3.8) is 0 Å². The Morgan fingerprint density at radius 3 is 2.93 bits per heavy atom. The second-order valence-electron chi connectivity index (χ2n) is 7.64. The van der Waals surface area contributed by atoms with Gasteiger partial charge in [-0.25, -0.2) is 14.6 Å². The highest BCUT2D eigenvalue weighted by Gasteiger charge is 2.45. The number of aromatic nitrogens is 4. The zero-order chi connectivity index (χ0) is 18.6. The van der Waals surface area contributed by atoms with Gasteiger partial charge < -0.3 is 20.3 Å². The van der Waals surface area contributed by atoms with E-state index in [1.165, 1.54) is 0 Å². The van der Waals surface area contributed by atoms with Crippen LogP contribution in [-0.2, 0) is 11.3 Å². The van der Waals surface area contributed by atoms with Gasteiger partial charge in [0, 0.05) is 43.2 Å². The maximum Gasteiger partial charge on any atom is 0.135 e. The third-order valence-corrected chi connectivity index (χ3v) is 5.71. The quantitative estimate of drug-likeness (QED) is 0.701. The second-order valence-corrected chi connectivity index (χ2v) is 7.64. The first kappa shape index (κ1) is 16.0. The Kier molecular flexibility index (Phi) is 3.44. The molecular formula is C20H21N7O. The predicted octanol–water partition coefficient (Wildman–Crippen LogP) is 1.43. The first-order valence-corrected chi connectivity index (χ1v) is 9.64. The first-order valence-electron chi connectivity index (χ1n) is 9.64. The Hall–Kier alpha value is -2.97. The van der Waals surface area contributed by atoms with Crippen molar-refractivity contribution in [1.82, 2.24) is 25.1 Å². The fraction of sp³-hybridized carbons (Fsp3) is 0.350. The van der Waals surface area contributed by atoms with E-state index in [0.29, 0.717) is 0 Å². The molecule has 3 aliphatic rings. The van der Waals surface area contributed by atoms with Gasteiger partial charge in [-0.15, -0.1) is 0 Å². The van der Waals surface area contributed by atoms with Gasteiger partial charge in [0.05, 0.1) is 31.6 Å². The van der Waals surface area contributed by atoms with Crippen LogP contribution < -0.4 is 15.5 Å². The van der Waals surface area contributed by atoms with Crippen LogP contribution in [0.2, 0.25) is 0 Å². The number of ether oxygens (including phenoxy) is 1. The maximum atomic E-state index is 5.96. The predicted molar refractivity (Wildman–Crippen MR) is 106 cm³/mol. The lowest BCUT2D eigenvalue weighted by Gasteiger charge is -2.52. The van der Waals surface area contributed by atoms with Gasteiger partial charge in [-0.3, -0.25) is 0 Å². The Bertz CT molecular complexity index is 1020. The molecule has 0 amide bonds. The number of nitrogens with one attached hydrogen (secondary N) is 2. The average molecular weight is 375 g/mol. The van der Waals surface area contributed by atoms with Crippen LogP contribution in [0.5, 0.6) is 0 Å². The molecule has 0 aromatic carbocycles. The van der Waals surface area contributed by atoms with Crippen molar-refractivity contribution in [2.24, 2.45) is 0 Å². The normalized spacial score (nSPS) is 19.5. The highest BCUT2D eigenvalue weighted by Crippen LogP contribution is 2.34. The van der Waals surface area contributed by atoms with E-state index in [1.807, 2.05) is 23.0 Å². The molecule has 142 valence electrons. The summed E-state index contributed by atoms with van der Waals surface area (Å²) in [7, 11) is 0. The van der Waals surface area contributed by atoms with E-state index in [-0.39, 0.29) is 5.60 Å². The average Bonchev–Trinajstić information content (AvgIpc) is 3.18. The van der Waals surface area contributed by atoms with Crippen molar-refractivity contribution in [2.75, 3.05) is 43.0 Å². The van der Waals surface area contributed by atoms with Crippen molar-refractivity contribution in [3.8, 4) is 16.9 Å². The molecule has 2 fully saturated rings. The second kappa shape index (κ2) is 6.02. The lowest BCUT2D eigenvalue weighted by atomic mass is 9.92. The van der Waals surface area contributed by atoms with Gasteiger partial charge in [0.1, 0.15) is 22.9 Å². The molecule has 0 unspecified atom stereocenters. The van der Waals surface area contributed by atoms with E-state index in [1.54, 1.807) is 6.20 Å². The molecule has 1 spiro atoms. The Labute approximate surface area is 162 Å². The van der Waals surface area contributed by atoms with E-state index in [4.69, 9.17) is 9.84 Å². The monoisotopic (exact) mass is 375 g/mol. The Morgan fingerprint density at radius 2 is 2.11 bits per heavy atom. The van der Waals surface area contributed by atoms with E-state index in [9.17, 15) is 0 Å². The SMILES string of the molecule is c1cnc2c(c1)-c1nn(-c3ccc(N4CC5(CNCCO5)C4)nc3)cc1CN2. The smallest absolute Gasteiger partial charge is 0.135 e. The van der Waals surface area contributed by atoms with E-state index in [0.717, 1.165) is 73.5 Å². The summed E-state index contributed by atoms with van der Waals surface area (Å²) in [5.74, 6) is 1.87. The largest absolute Gasteiger partial charge is 0.369 e. The van der Waals surface area contributed by atoms with Crippen LogP contribution >= 0.6 is 0 Å². The van der Waals surface area contributed by atoms with Crippen LogP contribution in [-0.4, -0.2) is 58.1 Å². The molecule has 6 heterocycles. The minimum absolute atomic E-state index is 0.0337. The zero-order valence-electron chi connectivity index (χ0n) is 15.4. The summed E-state index contributed by atoms with van der Waals surface area (Å²) in [5.41, 5.74) is 4.11. The minimum atomic E-state index is -0.0337. The van der Waals surface area contributed by atoms with Crippen LogP contribution in [0.15, 0.2) is 42.9 Å². The van der Waals surface area contributed by atoms with Crippen LogP contribution in [0.3, 0.4) is 0 Å². The fourth-order valence-corrected chi connectivity index (χ4v) is 4.24. The maximum absolute atomic E-state index is 5.96. The van der Waals surface area contributed by atoms with Crippen LogP contribution in [0.25, 0.3) is 16.9 Å². The lowest BCUT2D eigenvalue weighted by molar-refractivity contribution is -0.0831. The topological polar surface area (TPSA) is 80.1 Å². The van der Waals surface area contributed by atoms with Crippen molar-refractivity contribution in [3.05, 3.63) is 48.4 Å². The van der Waals surface area contributed by atoms with Crippen LogP contribution in [0.1, 0.15) is 5.56 Å². The van der Waals surface area contributed by atoms with Gasteiger partial charge >= 0.3 is 0 Å². The van der Waals surface area contributed by atoms with Crippen molar-refractivity contribution in [2.45, 2.75) is 12.1 Å². The third kappa shape index (κ3) is 2.49. The summed E-state index contributed by atoms with van der Waals surface area (Å²) in [6.45, 7) is 5.16. The summed E-state index contributed by atoms with van der Waals surface area (Å²) in [6, 6.07) is 8.13. The molecule has 2 N–H and O–H groups in total. The molecule has 2 saturated heterocycles. The summed E-state index contributed by atoms with van der Waals surface area (Å²) < 4.78 is 7.86. The molecule has 3 aromatic heterocycles. The third-order valence-electron chi connectivity index (χ3n) is 5.71. The molecule has 0 saturated carbocycles. The summed E-state index contributed by atoms with van der Waals surface area (Å²) in [5, 5.41) is 11.6. The fourth-order valence-electron chi connectivity index (χ4n) is 4.24. The van der Waals surface area contributed by atoms with Crippen LogP contribution in [0.4, 0.5) is 11.6 Å². The molecule has 6 rings (SSSR count). The molecule has 3 aromatic rings. The molecule has 3 aliphatic heterocycles. The van der Waals surface area contributed by atoms with Gasteiger partial charge in [0.15, 0.2) is 0 Å². The van der Waals surface area contributed by atoms with Crippen LogP contribution in [0, 0.1) is 0 Å². The van der Waals surface area contributed by atoms with Gasteiger partial charge in [-0.2, -0.15) is 5.10 Å². The number of hydrogen-bond donors (Lipinski definition) is 2. The van der Waals surface area contributed by atoms with Crippen molar-refractivity contribution >= 4 is 11.6 Å². The Balaban J connectivity index is 1.23. The number of morpholine rings is 1. The number of anilines is 2. The van der Waals surface area contributed by atoms with E-state index < -0.39 is 0 Å². The summed E-state index contributed by atoms with van der Waals surface area (Å²) in [4.78, 5) is 11.3. The molecule has 8 nitrogen and oxygen atoms in total. The molecule has 28 heavy (non-hydrogen) atoms. The Morgan fingerprint density at radius 1 is 1.14 bits per heavy atom. The zero-order valence-corrected chi connectivity index (χ0v) is 15.4. The number of nitrogens with zero attached hydrogens (tertiary/aromatic N) is 5. The van der Waals surface area contributed by atoms with Crippen molar-refractivity contribution in [1.29, 1.82) is 0 Å². The molecular weight excluding hydrogens is 354 g/mol. The number of hydrogen-bond acceptors (Lipinski definition) is 7. The molecule has 0 atom stereocenters. The minimum Gasteiger partial charge on any atom is -0.369 e. The molecule has 8 heteroatoms. The molecule has 0 radical (unpaired) electrons. The summed E-state index contributed by atoms with van der Waals surface area (Å²) in [6.07, 6.45) is 5.75. The lowest BCUT2D eigenvalue weighted by Crippen LogP contribution is -2.70. The standard InChI is InChI=1S/C20H21N7O/c1-2-16-18-14(8-24-19(16)22-5-1)10-27(25-18)15-3-4-17(23-9-15)26-12-20(13-26)11-21-6-7-28-20/h1-5,9-10,21H,6-8,11-13H2,(H,22,24). The van der Waals surface area contributed by atoms with Crippen molar-refractivity contribution < 1.29 is 4.74 Å². The van der Waals surface area contributed by atoms with Gasteiger partial charge in [0.25, 0.3) is 0 Å².